The van der Waals surface area contributed by atoms with E-state index in [2.05, 4.69) is 10.3 Å². The van der Waals surface area contributed by atoms with Gasteiger partial charge in [0.05, 0.1) is 6.54 Å². The molecular weight excluding hydrogens is 283 g/mol. The summed E-state index contributed by atoms with van der Waals surface area (Å²) in [6.45, 7) is 2.35. The second-order valence-electron chi connectivity index (χ2n) is 5.36. The average Bonchev–Trinajstić information content (AvgIpc) is 2.51. The van der Waals surface area contributed by atoms with Gasteiger partial charge >= 0.3 is 0 Å². The Morgan fingerprint density at radius 2 is 2.18 bits per heavy atom. The number of nitrogens with one attached hydrogen (secondary N) is 1. The molecule has 2 aromatic rings. The highest BCUT2D eigenvalue weighted by Gasteiger charge is 2.21. The first kappa shape index (κ1) is 14.5. The van der Waals surface area contributed by atoms with Crippen molar-refractivity contribution in [2.45, 2.75) is 25.9 Å². The summed E-state index contributed by atoms with van der Waals surface area (Å²) in [7, 11) is 0. The van der Waals surface area contributed by atoms with Gasteiger partial charge in [0, 0.05) is 35.5 Å². The summed E-state index contributed by atoms with van der Waals surface area (Å²) in [6, 6.07) is 8.28. The van der Waals surface area contributed by atoms with Crippen molar-refractivity contribution < 1.29 is 13.9 Å². The predicted molar refractivity (Wildman–Crippen MR) is 81.0 cm³/mol. The standard InChI is InChI=1S/C17H17FN2O2/c1-11-14(3-2-8-19-11)15-6-4-12(18)9-16(15)22-13-5-7-17(21)20-10-13/h2-4,6,8-9,13H,5,7,10H2,1H3,(H,20,21). The fourth-order valence-electron chi connectivity index (χ4n) is 2.58. The van der Waals surface area contributed by atoms with Crippen molar-refractivity contribution in [1.82, 2.24) is 10.3 Å². The number of nitrogens with zero attached hydrogens (tertiary/aromatic N) is 1. The topological polar surface area (TPSA) is 51.2 Å². The van der Waals surface area contributed by atoms with Crippen molar-refractivity contribution in [3.05, 3.63) is 48.0 Å². The molecule has 1 aromatic carbocycles. The number of ether oxygens (including phenoxy) is 1. The summed E-state index contributed by atoms with van der Waals surface area (Å²) in [5.41, 5.74) is 2.58. The Morgan fingerprint density at radius 3 is 2.91 bits per heavy atom. The molecule has 1 aliphatic heterocycles. The van der Waals surface area contributed by atoms with Gasteiger partial charge in [0.2, 0.25) is 5.91 Å². The van der Waals surface area contributed by atoms with Crippen molar-refractivity contribution in [3.63, 3.8) is 0 Å². The van der Waals surface area contributed by atoms with E-state index in [1.165, 1.54) is 12.1 Å². The third-order valence-corrected chi connectivity index (χ3v) is 3.75. The number of hydrogen-bond donors (Lipinski definition) is 1. The molecule has 4 nitrogen and oxygen atoms in total. The van der Waals surface area contributed by atoms with Gasteiger partial charge in [0.25, 0.3) is 0 Å². The van der Waals surface area contributed by atoms with E-state index in [0.29, 0.717) is 25.1 Å². The zero-order valence-electron chi connectivity index (χ0n) is 12.3. The van der Waals surface area contributed by atoms with Crippen LogP contribution in [0.15, 0.2) is 36.5 Å². The normalized spacial score (nSPS) is 17.9. The van der Waals surface area contributed by atoms with Gasteiger partial charge in [-0.2, -0.15) is 0 Å². The molecule has 1 aromatic heterocycles. The number of amides is 1. The lowest BCUT2D eigenvalue weighted by atomic mass is 10.0. The fraction of sp³-hybridized carbons (Fsp3) is 0.294. The number of carbonyl (C=O) groups excluding carboxylic acids is 1. The van der Waals surface area contributed by atoms with Crippen LogP contribution < -0.4 is 10.1 Å². The first-order valence-electron chi connectivity index (χ1n) is 7.28. The smallest absolute Gasteiger partial charge is 0.220 e. The SMILES string of the molecule is Cc1ncccc1-c1ccc(F)cc1OC1CCC(=O)NC1. The Morgan fingerprint density at radius 1 is 1.32 bits per heavy atom. The average molecular weight is 300 g/mol. The van der Waals surface area contributed by atoms with E-state index in [0.717, 1.165) is 16.8 Å². The number of piperidine rings is 1. The maximum atomic E-state index is 13.6. The Kier molecular flexibility index (Phi) is 4.04. The monoisotopic (exact) mass is 300 g/mol. The van der Waals surface area contributed by atoms with Crippen LogP contribution in [0.4, 0.5) is 4.39 Å². The number of aryl methyl sites for hydroxylation is 1. The molecule has 22 heavy (non-hydrogen) atoms. The minimum atomic E-state index is -0.347. The van der Waals surface area contributed by atoms with Gasteiger partial charge in [-0.15, -0.1) is 0 Å². The molecule has 1 saturated heterocycles. The lowest BCUT2D eigenvalue weighted by molar-refractivity contribution is -0.123. The summed E-state index contributed by atoms with van der Waals surface area (Å²) in [4.78, 5) is 15.5. The van der Waals surface area contributed by atoms with Crippen LogP contribution in [0.3, 0.4) is 0 Å². The van der Waals surface area contributed by atoms with Crippen molar-refractivity contribution >= 4 is 5.91 Å². The summed E-state index contributed by atoms with van der Waals surface area (Å²) in [5, 5.41) is 2.77. The van der Waals surface area contributed by atoms with E-state index in [9.17, 15) is 9.18 Å². The maximum Gasteiger partial charge on any atom is 0.220 e. The first-order chi connectivity index (χ1) is 10.6. The zero-order valence-corrected chi connectivity index (χ0v) is 12.3. The molecule has 0 saturated carbocycles. The van der Waals surface area contributed by atoms with Gasteiger partial charge < -0.3 is 10.1 Å². The van der Waals surface area contributed by atoms with Crippen molar-refractivity contribution in [2.24, 2.45) is 0 Å². The number of carbonyl (C=O) groups is 1. The fourth-order valence-corrected chi connectivity index (χ4v) is 2.58. The molecule has 5 heteroatoms. The van der Waals surface area contributed by atoms with Crippen LogP contribution in [0.2, 0.25) is 0 Å². The van der Waals surface area contributed by atoms with Crippen molar-refractivity contribution in [3.8, 4) is 16.9 Å². The quantitative estimate of drug-likeness (QED) is 0.948. The van der Waals surface area contributed by atoms with Gasteiger partial charge in [-0.1, -0.05) is 6.07 Å². The zero-order chi connectivity index (χ0) is 15.5. The van der Waals surface area contributed by atoms with E-state index >= 15 is 0 Å². The summed E-state index contributed by atoms with van der Waals surface area (Å²) < 4.78 is 19.6. The van der Waals surface area contributed by atoms with Crippen LogP contribution in [-0.2, 0) is 4.79 Å². The highest BCUT2D eigenvalue weighted by Crippen LogP contribution is 2.33. The van der Waals surface area contributed by atoms with Gasteiger partial charge in [-0.25, -0.2) is 4.39 Å². The number of hydrogen-bond acceptors (Lipinski definition) is 3. The lowest BCUT2D eigenvalue weighted by Gasteiger charge is -2.25. The van der Waals surface area contributed by atoms with E-state index < -0.39 is 0 Å². The summed E-state index contributed by atoms with van der Waals surface area (Å²) >= 11 is 0. The number of benzene rings is 1. The number of pyridine rings is 1. The van der Waals surface area contributed by atoms with E-state index in [1.54, 1.807) is 12.3 Å². The number of aromatic nitrogens is 1. The van der Waals surface area contributed by atoms with Crippen LogP contribution in [0, 0.1) is 12.7 Å². The summed E-state index contributed by atoms with van der Waals surface area (Å²) in [5.74, 6) is 0.166. The Bertz CT molecular complexity index is 693. The third kappa shape index (κ3) is 3.08. The van der Waals surface area contributed by atoms with E-state index in [4.69, 9.17) is 4.74 Å². The molecule has 1 unspecified atom stereocenters. The molecule has 1 fully saturated rings. The summed E-state index contributed by atoms with van der Waals surface area (Å²) in [6.07, 6.45) is 2.64. The van der Waals surface area contributed by atoms with Crippen molar-refractivity contribution in [1.29, 1.82) is 0 Å². The van der Waals surface area contributed by atoms with Gasteiger partial charge in [0.15, 0.2) is 0 Å². The minimum Gasteiger partial charge on any atom is -0.488 e. The second kappa shape index (κ2) is 6.13. The first-order valence-corrected chi connectivity index (χ1v) is 7.28. The number of rotatable bonds is 3. The number of halogens is 1. The van der Waals surface area contributed by atoms with Crippen LogP contribution in [0.1, 0.15) is 18.5 Å². The van der Waals surface area contributed by atoms with Gasteiger partial charge in [0.1, 0.15) is 17.7 Å². The molecule has 3 rings (SSSR count). The van der Waals surface area contributed by atoms with E-state index in [1.807, 2.05) is 19.1 Å². The van der Waals surface area contributed by atoms with Crippen molar-refractivity contribution in [2.75, 3.05) is 6.54 Å². The molecule has 0 spiro atoms. The molecule has 1 aliphatic rings. The largest absolute Gasteiger partial charge is 0.488 e. The van der Waals surface area contributed by atoms with Gasteiger partial charge in [-0.05, 0) is 31.5 Å². The predicted octanol–water partition coefficient (Wildman–Crippen LogP) is 2.85. The van der Waals surface area contributed by atoms with E-state index in [-0.39, 0.29) is 17.8 Å². The minimum absolute atomic E-state index is 0.0300. The molecule has 114 valence electrons. The van der Waals surface area contributed by atoms with Crippen LogP contribution in [-0.4, -0.2) is 23.5 Å². The van der Waals surface area contributed by atoms with Crippen LogP contribution in [0.5, 0.6) is 5.75 Å². The molecular formula is C17H17FN2O2. The Hall–Kier alpha value is -2.43. The second-order valence-corrected chi connectivity index (χ2v) is 5.36. The Labute approximate surface area is 128 Å². The van der Waals surface area contributed by atoms with Gasteiger partial charge in [-0.3, -0.25) is 9.78 Å². The molecule has 0 bridgehead atoms. The third-order valence-electron chi connectivity index (χ3n) is 3.75. The molecule has 1 N–H and O–H groups in total. The molecule has 0 aliphatic carbocycles. The van der Waals surface area contributed by atoms with Crippen LogP contribution in [0.25, 0.3) is 11.1 Å². The lowest BCUT2D eigenvalue weighted by Crippen LogP contribution is -2.40. The highest BCUT2D eigenvalue weighted by atomic mass is 19.1. The van der Waals surface area contributed by atoms with Crippen LogP contribution >= 0.6 is 0 Å². The molecule has 1 amide bonds. The highest BCUT2D eigenvalue weighted by molar-refractivity contribution is 5.77. The molecule has 1 atom stereocenters. The molecule has 0 radical (unpaired) electrons. The molecule has 2 heterocycles. The maximum absolute atomic E-state index is 13.6. The Balaban J connectivity index is 1.91.